The van der Waals surface area contributed by atoms with Crippen molar-refractivity contribution < 1.29 is 14.0 Å². The molecule has 3 amide bonds. The largest absolute Gasteiger partial charge is 0.459 e. The molecular formula is C24H26N4O3. The summed E-state index contributed by atoms with van der Waals surface area (Å²) in [5.74, 6) is 1.24. The fourth-order valence-electron chi connectivity index (χ4n) is 3.73. The molecule has 0 unspecified atom stereocenters. The first kappa shape index (κ1) is 20.7. The topological polar surface area (TPSA) is 78.7 Å². The smallest absolute Gasteiger partial charge is 0.323 e. The highest BCUT2D eigenvalue weighted by Gasteiger charge is 2.22. The molecule has 0 radical (unpaired) electrons. The van der Waals surface area contributed by atoms with Gasteiger partial charge in [0, 0.05) is 42.4 Å². The Labute approximate surface area is 181 Å². The lowest BCUT2D eigenvalue weighted by Crippen LogP contribution is -2.39. The lowest BCUT2D eigenvalue weighted by Gasteiger charge is -2.28. The molecule has 31 heavy (non-hydrogen) atoms. The molecule has 1 N–H and O–H groups in total. The van der Waals surface area contributed by atoms with E-state index >= 15 is 0 Å². The summed E-state index contributed by atoms with van der Waals surface area (Å²) in [5.41, 5.74) is 3.63. The van der Waals surface area contributed by atoms with Crippen LogP contribution in [0.1, 0.15) is 35.8 Å². The molecule has 160 valence electrons. The van der Waals surface area contributed by atoms with Gasteiger partial charge in [-0.25, -0.2) is 9.78 Å². The summed E-state index contributed by atoms with van der Waals surface area (Å²) in [5, 5.41) is 3.88. The predicted molar refractivity (Wildman–Crippen MR) is 120 cm³/mol. The lowest BCUT2D eigenvalue weighted by atomic mass is 10.1. The van der Waals surface area contributed by atoms with Crippen molar-refractivity contribution in [2.24, 2.45) is 0 Å². The summed E-state index contributed by atoms with van der Waals surface area (Å²) in [6.45, 7) is 5.65. The number of hydrogen-bond acceptors (Lipinski definition) is 4. The van der Waals surface area contributed by atoms with Gasteiger partial charge in [-0.1, -0.05) is 25.1 Å². The highest BCUT2D eigenvalue weighted by Crippen LogP contribution is 2.26. The van der Waals surface area contributed by atoms with E-state index in [1.807, 2.05) is 44.2 Å². The van der Waals surface area contributed by atoms with Crippen LogP contribution in [0.4, 0.5) is 10.6 Å². The number of anilines is 1. The maximum absolute atomic E-state index is 12.6. The molecule has 0 bridgehead atoms. The number of pyridine rings is 1. The maximum atomic E-state index is 12.6. The Kier molecular flexibility index (Phi) is 5.75. The number of urea groups is 1. The van der Waals surface area contributed by atoms with Crippen LogP contribution in [-0.2, 0) is 17.9 Å². The van der Waals surface area contributed by atoms with Gasteiger partial charge in [-0.05, 0) is 37.1 Å². The summed E-state index contributed by atoms with van der Waals surface area (Å²) in [6, 6.07) is 9.70. The van der Waals surface area contributed by atoms with Crippen molar-refractivity contribution in [2.75, 3.05) is 18.9 Å². The number of hydrogen-bond donors (Lipinski definition) is 1. The standard InChI is InChI=1S/C24H26N4O3/c1-4-11-28-14-18-12-17(13-25-23(18)26-24(28)30)9-10-22(29)27(3)15-21-16(2)19-7-5-6-8-20(19)31-21/h5-10,12-13H,4,11,14-15H2,1-3H3,(H,25,26,30)/b10-9+. The van der Waals surface area contributed by atoms with Crippen LogP contribution in [0.15, 0.2) is 47.0 Å². The minimum absolute atomic E-state index is 0.122. The molecule has 0 fully saturated rings. The van der Waals surface area contributed by atoms with Crippen molar-refractivity contribution in [3.8, 4) is 0 Å². The number of amides is 3. The highest BCUT2D eigenvalue weighted by atomic mass is 16.3. The molecule has 2 aromatic heterocycles. The predicted octanol–water partition coefficient (Wildman–Crippen LogP) is 4.57. The van der Waals surface area contributed by atoms with Crippen molar-refractivity contribution in [3.63, 3.8) is 0 Å². The molecule has 7 heteroatoms. The molecule has 3 aromatic rings. The molecule has 0 saturated heterocycles. The van der Waals surface area contributed by atoms with Gasteiger partial charge in [-0.15, -0.1) is 0 Å². The van der Waals surface area contributed by atoms with Crippen LogP contribution in [0.2, 0.25) is 0 Å². The van der Waals surface area contributed by atoms with Gasteiger partial charge in [-0.2, -0.15) is 0 Å². The fraction of sp³-hybridized carbons (Fsp3) is 0.292. The van der Waals surface area contributed by atoms with Crippen molar-refractivity contribution in [1.29, 1.82) is 0 Å². The van der Waals surface area contributed by atoms with Crippen LogP contribution in [0.5, 0.6) is 0 Å². The second kappa shape index (κ2) is 8.63. The first-order chi connectivity index (χ1) is 15.0. The average molecular weight is 418 g/mol. The minimum Gasteiger partial charge on any atom is -0.459 e. The summed E-state index contributed by atoms with van der Waals surface area (Å²) in [4.78, 5) is 32.4. The molecule has 1 aliphatic heterocycles. The number of aryl methyl sites for hydroxylation is 1. The fourth-order valence-corrected chi connectivity index (χ4v) is 3.73. The third-order valence-corrected chi connectivity index (χ3v) is 5.47. The van der Waals surface area contributed by atoms with Crippen molar-refractivity contribution in [2.45, 2.75) is 33.4 Å². The van der Waals surface area contributed by atoms with E-state index in [2.05, 4.69) is 10.3 Å². The monoisotopic (exact) mass is 418 g/mol. The van der Waals surface area contributed by atoms with Crippen LogP contribution in [-0.4, -0.2) is 40.3 Å². The van der Waals surface area contributed by atoms with Crippen LogP contribution in [0.3, 0.4) is 0 Å². The molecule has 3 heterocycles. The number of benzene rings is 1. The van der Waals surface area contributed by atoms with E-state index < -0.39 is 0 Å². The van der Waals surface area contributed by atoms with E-state index in [0.29, 0.717) is 25.5 Å². The molecule has 7 nitrogen and oxygen atoms in total. The zero-order valence-electron chi connectivity index (χ0n) is 18.0. The van der Waals surface area contributed by atoms with E-state index in [9.17, 15) is 9.59 Å². The van der Waals surface area contributed by atoms with E-state index in [4.69, 9.17) is 4.42 Å². The van der Waals surface area contributed by atoms with E-state index in [1.54, 1.807) is 29.1 Å². The Morgan fingerprint density at radius 2 is 2.16 bits per heavy atom. The molecule has 0 aliphatic carbocycles. The zero-order chi connectivity index (χ0) is 22.0. The number of furan rings is 1. The number of rotatable bonds is 6. The second-order valence-corrected chi connectivity index (χ2v) is 7.80. The van der Waals surface area contributed by atoms with Gasteiger partial charge in [0.15, 0.2) is 0 Å². The normalized spacial score (nSPS) is 13.5. The van der Waals surface area contributed by atoms with Crippen LogP contribution < -0.4 is 5.32 Å². The first-order valence-corrected chi connectivity index (χ1v) is 10.4. The van der Waals surface area contributed by atoms with Crippen molar-refractivity contribution in [1.82, 2.24) is 14.8 Å². The maximum Gasteiger partial charge on any atom is 0.323 e. The van der Waals surface area contributed by atoms with Gasteiger partial charge in [0.2, 0.25) is 5.91 Å². The first-order valence-electron chi connectivity index (χ1n) is 10.4. The van der Waals surface area contributed by atoms with E-state index in [1.165, 1.54) is 6.08 Å². The minimum atomic E-state index is -0.126. The lowest BCUT2D eigenvalue weighted by molar-refractivity contribution is -0.125. The summed E-state index contributed by atoms with van der Waals surface area (Å²) >= 11 is 0. The Hall–Kier alpha value is -3.61. The number of nitrogens with zero attached hydrogens (tertiary/aromatic N) is 3. The molecule has 1 aliphatic rings. The Balaban J connectivity index is 1.44. The summed E-state index contributed by atoms with van der Waals surface area (Å²) < 4.78 is 5.92. The number of nitrogens with one attached hydrogen (secondary N) is 1. The third-order valence-electron chi connectivity index (χ3n) is 5.47. The summed E-state index contributed by atoms with van der Waals surface area (Å²) in [7, 11) is 1.75. The summed E-state index contributed by atoms with van der Waals surface area (Å²) in [6.07, 6.45) is 5.83. The van der Waals surface area contributed by atoms with Crippen LogP contribution >= 0.6 is 0 Å². The van der Waals surface area contributed by atoms with Crippen LogP contribution in [0, 0.1) is 6.92 Å². The van der Waals surface area contributed by atoms with Gasteiger partial charge >= 0.3 is 6.03 Å². The van der Waals surface area contributed by atoms with Gasteiger partial charge < -0.3 is 14.2 Å². The number of para-hydroxylation sites is 1. The SMILES string of the molecule is CCCN1Cc2cc(/C=C/C(=O)N(C)Cc3oc4ccccc4c3C)cnc2NC1=O. The van der Waals surface area contributed by atoms with Crippen molar-refractivity contribution in [3.05, 3.63) is 65.1 Å². The van der Waals surface area contributed by atoms with E-state index in [-0.39, 0.29) is 11.9 Å². The molecule has 4 rings (SSSR count). The second-order valence-electron chi connectivity index (χ2n) is 7.80. The van der Waals surface area contributed by atoms with Gasteiger partial charge in [0.25, 0.3) is 0 Å². The Bertz CT molecular complexity index is 1160. The third kappa shape index (κ3) is 4.30. The number of carbonyl (C=O) groups excluding carboxylic acids is 2. The number of carbonyl (C=O) groups is 2. The average Bonchev–Trinajstić information content (AvgIpc) is 3.08. The molecule has 0 saturated carbocycles. The van der Waals surface area contributed by atoms with Gasteiger partial charge in [0.05, 0.1) is 13.1 Å². The molecule has 0 spiro atoms. The van der Waals surface area contributed by atoms with Crippen LogP contribution in [0.25, 0.3) is 17.0 Å². The number of likely N-dealkylation sites (N-methyl/N-ethyl adjacent to an activating group) is 1. The molecular weight excluding hydrogens is 392 g/mol. The Morgan fingerprint density at radius 1 is 1.35 bits per heavy atom. The number of aromatic nitrogens is 1. The zero-order valence-corrected chi connectivity index (χ0v) is 18.0. The molecule has 1 aromatic carbocycles. The van der Waals surface area contributed by atoms with Gasteiger partial charge in [-0.3, -0.25) is 10.1 Å². The Morgan fingerprint density at radius 3 is 2.94 bits per heavy atom. The molecule has 0 atom stereocenters. The van der Waals surface area contributed by atoms with Gasteiger partial charge in [0.1, 0.15) is 17.2 Å². The quantitative estimate of drug-likeness (QED) is 0.595. The number of fused-ring (bicyclic) bond motifs is 2. The van der Waals surface area contributed by atoms with Crippen molar-refractivity contribution >= 4 is 34.8 Å². The highest BCUT2D eigenvalue weighted by molar-refractivity contribution is 5.93. The van der Waals surface area contributed by atoms with E-state index in [0.717, 1.165) is 39.8 Å².